The van der Waals surface area contributed by atoms with Crippen molar-refractivity contribution >= 4 is 16.9 Å². The normalized spacial score (nSPS) is 19.6. The highest BCUT2D eigenvalue weighted by Gasteiger charge is 2.30. The Balaban J connectivity index is 1.15. The van der Waals surface area contributed by atoms with Crippen LogP contribution in [0.25, 0.3) is 39.2 Å². The van der Waals surface area contributed by atoms with E-state index in [1.54, 1.807) is 0 Å². The smallest absolute Gasteiger partial charge is 0.135 e. The van der Waals surface area contributed by atoms with Crippen molar-refractivity contribution in [1.82, 2.24) is 0 Å². The van der Waals surface area contributed by atoms with Crippen molar-refractivity contribution in [2.75, 3.05) is 0 Å². The lowest BCUT2D eigenvalue weighted by molar-refractivity contribution is 0.358. The number of fused-ring (bicyclic) bond motifs is 2. The molecule has 1 nitrogen and oxygen atoms in total. The molecule has 1 heterocycles. The van der Waals surface area contributed by atoms with Gasteiger partial charge in [0.1, 0.15) is 11.5 Å². The van der Waals surface area contributed by atoms with Crippen LogP contribution in [0.1, 0.15) is 55.4 Å². The SMILES string of the molecule is CC1CC(C=CC=C/C=C2\CC(C)Cc3c2cc(-c2ccccc2)cc3-c2ccccc2)=C2OC(c3ccccc3)=CC(c3ccccc3)=C2C1. The number of hydrogen-bond donors (Lipinski definition) is 0. The second-order valence-corrected chi connectivity index (χ2v) is 14.3. The molecular formula is C50H44O. The average molecular weight is 661 g/mol. The fraction of sp³-hybridized carbons (Fsp3) is 0.160. The van der Waals surface area contributed by atoms with Gasteiger partial charge in [-0.25, -0.2) is 0 Å². The third-order valence-electron chi connectivity index (χ3n) is 10.4. The molecule has 51 heavy (non-hydrogen) atoms. The van der Waals surface area contributed by atoms with Crippen LogP contribution in [-0.4, -0.2) is 0 Å². The van der Waals surface area contributed by atoms with Crippen LogP contribution in [0, 0.1) is 11.8 Å². The average Bonchev–Trinajstić information content (AvgIpc) is 3.18. The minimum atomic E-state index is 0.529. The summed E-state index contributed by atoms with van der Waals surface area (Å²) in [6, 6.07) is 47.7. The molecule has 3 aliphatic rings. The van der Waals surface area contributed by atoms with Crippen molar-refractivity contribution < 1.29 is 4.74 Å². The van der Waals surface area contributed by atoms with E-state index in [0.717, 1.165) is 42.8 Å². The molecule has 2 atom stereocenters. The molecule has 0 amide bonds. The zero-order valence-corrected chi connectivity index (χ0v) is 29.6. The largest absolute Gasteiger partial charge is 0.456 e. The Morgan fingerprint density at radius 1 is 0.529 bits per heavy atom. The van der Waals surface area contributed by atoms with E-state index < -0.39 is 0 Å². The Bertz CT molecular complexity index is 2210. The number of rotatable bonds is 7. The molecule has 0 bridgehead atoms. The molecule has 1 heteroatoms. The van der Waals surface area contributed by atoms with Gasteiger partial charge in [-0.3, -0.25) is 0 Å². The highest BCUT2D eigenvalue weighted by Crippen LogP contribution is 2.46. The van der Waals surface area contributed by atoms with Crippen LogP contribution in [0.3, 0.4) is 0 Å². The van der Waals surface area contributed by atoms with Gasteiger partial charge in [-0.1, -0.05) is 166 Å². The van der Waals surface area contributed by atoms with Gasteiger partial charge >= 0.3 is 0 Å². The summed E-state index contributed by atoms with van der Waals surface area (Å²) in [5.74, 6) is 3.03. The quantitative estimate of drug-likeness (QED) is 0.158. The summed E-state index contributed by atoms with van der Waals surface area (Å²) in [5, 5.41) is 0. The van der Waals surface area contributed by atoms with Crippen molar-refractivity contribution in [2.24, 2.45) is 11.8 Å². The maximum Gasteiger partial charge on any atom is 0.135 e. The lowest BCUT2D eigenvalue weighted by Gasteiger charge is -2.32. The van der Waals surface area contributed by atoms with E-state index in [4.69, 9.17) is 4.74 Å². The molecule has 0 N–H and O–H groups in total. The molecule has 0 fully saturated rings. The Labute approximate surface area is 303 Å². The molecule has 5 aromatic carbocycles. The first-order chi connectivity index (χ1) is 25.1. The van der Waals surface area contributed by atoms with Crippen LogP contribution in [0.15, 0.2) is 187 Å². The topological polar surface area (TPSA) is 9.23 Å². The molecule has 2 aliphatic carbocycles. The van der Waals surface area contributed by atoms with Crippen molar-refractivity contribution in [3.63, 3.8) is 0 Å². The lowest BCUT2D eigenvalue weighted by atomic mass is 9.76. The third-order valence-corrected chi connectivity index (χ3v) is 10.4. The van der Waals surface area contributed by atoms with Gasteiger partial charge in [-0.15, -0.1) is 0 Å². The van der Waals surface area contributed by atoms with Gasteiger partial charge in [0.2, 0.25) is 0 Å². The Kier molecular flexibility index (Phi) is 9.36. The zero-order chi connectivity index (χ0) is 34.6. The van der Waals surface area contributed by atoms with E-state index >= 15 is 0 Å². The molecule has 0 radical (unpaired) electrons. The maximum atomic E-state index is 6.78. The number of hydrogen-bond acceptors (Lipinski definition) is 1. The van der Waals surface area contributed by atoms with Gasteiger partial charge < -0.3 is 4.74 Å². The van der Waals surface area contributed by atoms with Gasteiger partial charge in [-0.05, 0) is 111 Å². The first-order valence-corrected chi connectivity index (χ1v) is 18.4. The molecular weight excluding hydrogens is 617 g/mol. The summed E-state index contributed by atoms with van der Waals surface area (Å²) in [4.78, 5) is 0. The number of benzene rings is 5. The second kappa shape index (κ2) is 14.7. The van der Waals surface area contributed by atoms with Gasteiger partial charge in [0.05, 0.1) is 0 Å². The van der Waals surface area contributed by atoms with Gasteiger partial charge in [0.15, 0.2) is 0 Å². The molecule has 2 unspecified atom stereocenters. The monoisotopic (exact) mass is 660 g/mol. The van der Waals surface area contributed by atoms with Gasteiger partial charge in [-0.2, -0.15) is 0 Å². The summed E-state index contributed by atoms with van der Waals surface area (Å²) in [6.45, 7) is 4.74. The predicted molar refractivity (Wildman–Crippen MR) is 215 cm³/mol. The number of allylic oxidation sites excluding steroid dienone is 10. The fourth-order valence-corrected chi connectivity index (χ4v) is 7.98. The molecule has 8 rings (SSSR count). The zero-order valence-electron chi connectivity index (χ0n) is 29.6. The van der Waals surface area contributed by atoms with Crippen LogP contribution >= 0.6 is 0 Å². The summed E-state index contributed by atoms with van der Waals surface area (Å²) < 4.78 is 6.78. The van der Waals surface area contributed by atoms with Crippen LogP contribution in [0.2, 0.25) is 0 Å². The van der Waals surface area contributed by atoms with Crippen molar-refractivity contribution in [1.29, 1.82) is 0 Å². The minimum absolute atomic E-state index is 0.529. The summed E-state index contributed by atoms with van der Waals surface area (Å²) in [7, 11) is 0. The van der Waals surface area contributed by atoms with E-state index in [2.05, 4.69) is 184 Å². The number of ether oxygens (including phenoxy) is 1. The Morgan fingerprint density at radius 2 is 1.12 bits per heavy atom. The van der Waals surface area contributed by atoms with E-state index in [1.807, 2.05) is 0 Å². The standard InChI is InChI=1S/C50H44O/c1-35-28-41(45-33-43(37-18-8-3-9-19-37)32-44(47(45)30-35)38-20-10-4-11-21-38)26-16-7-17-27-42-29-36(2)31-48-46(39-22-12-5-13-23-39)34-49(51-50(42)48)40-24-14-6-15-25-40/h3-27,32-36H,28-31H2,1-2H3/b16-7?,27-17?,41-26+. The summed E-state index contributed by atoms with van der Waals surface area (Å²) in [5.41, 5.74) is 15.6. The molecule has 0 saturated carbocycles. The van der Waals surface area contributed by atoms with Crippen LogP contribution in [0.5, 0.6) is 0 Å². The van der Waals surface area contributed by atoms with Gasteiger partial charge in [0.25, 0.3) is 0 Å². The summed E-state index contributed by atoms with van der Waals surface area (Å²) in [6.07, 6.45) is 17.6. The maximum absolute atomic E-state index is 6.78. The van der Waals surface area contributed by atoms with Crippen molar-refractivity contribution in [2.45, 2.75) is 39.5 Å². The highest BCUT2D eigenvalue weighted by atomic mass is 16.5. The van der Waals surface area contributed by atoms with E-state index in [-0.39, 0.29) is 0 Å². The van der Waals surface area contributed by atoms with Gasteiger partial charge in [0, 0.05) is 11.1 Å². The van der Waals surface area contributed by atoms with Crippen molar-refractivity contribution in [3.05, 3.63) is 209 Å². The second-order valence-electron chi connectivity index (χ2n) is 14.3. The third kappa shape index (κ3) is 7.03. The molecule has 1 aliphatic heterocycles. The molecule has 5 aromatic rings. The fourth-order valence-electron chi connectivity index (χ4n) is 7.98. The van der Waals surface area contributed by atoms with Crippen LogP contribution < -0.4 is 0 Å². The Morgan fingerprint density at radius 3 is 1.80 bits per heavy atom. The molecule has 0 aromatic heterocycles. The predicted octanol–water partition coefficient (Wildman–Crippen LogP) is 13.3. The molecule has 0 saturated heterocycles. The van der Waals surface area contributed by atoms with Crippen molar-refractivity contribution in [3.8, 4) is 22.3 Å². The first kappa shape index (κ1) is 32.5. The van der Waals surface area contributed by atoms with E-state index in [0.29, 0.717) is 11.8 Å². The van der Waals surface area contributed by atoms with E-state index in [9.17, 15) is 0 Å². The summed E-state index contributed by atoms with van der Waals surface area (Å²) >= 11 is 0. The minimum Gasteiger partial charge on any atom is -0.456 e. The molecule has 0 spiro atoms. The first-order valence-electron chi connectivity index (χ1n) is 18.4. The Hall–Kier alpha value is -5.66. The molecule has 250 valence electrons. The highest BCUT2D eigenvalue weighted by molar-refractivity contribution is 5.89. The van der Waals surface area contributed by atoms with Crippen LogP contribution in [0.4, 0.5) is 0 Å². The van der Waals surface area contributed by atoms with E-state index in [1.165, 1.54) is 61.2 Å². The van der Waals surface area contributed by atoms with Crippen LogP contribution in [-0.2, 0) is 11.2 Å². The lowest BCUT2D eigenvalue weighted by Crippen LogP contribution is -2.16.